The molecule has 1 aliphatic heterocycles. The first-order chi connectivity index (χ1) is 7.90. The monoisotopic (exact) mass is 220 g/mol. The Labute approximate surface area is 97.2 Å². The maximum absolute atomic E-state index is 5.38. The van der Waals surface area contributed by atoms with Crippen LogP contribution in [0.25, 0.3) is 0 Å². The molecule has 1 aromatic heterocycles. The molecular weight excluding hydrogens is 200 g/mol. The molecule has 1 fully saturated rings. The minimum Gasteiger partial charge on any atom is -0.381 e. The molecular formula is C13H20N2O. The number of nitrogens with zero attached hydrogens (tertiary/aromatic N) is 1. The Hall–Kier alpha value is -0.930. The molecule has 1 aromatic rings. The van der Waals surface area contributed by atoms with Crippen LogP contribution >= 0.6 is 0 Å². The summed E-state index contributed by atoms with van der Waals surface area (Å²) in [7, 11) is 2.01. The third kappa shape index (κ3) is 3.03. The lowest BCUT2D eigenvalue weighted by atomic mass is 9.91. The van der Waals surface area contributed by atoms with Crippen LogP contribution in [-0.2, 0) is 4.74 Å². The Balaban J connectivity index is 1.94. The van der Waals surface area contributed by atoms with Crippen molar-refractivity contribution in [3.8, 4) is 0 Å². The quantitative estimate of drug-likeness (QED) is 0.844. The molecule has 3 heteroatoms. The Morgan fingerprint density at radius 3 is 2.88 bits per heavy atom. The normalized spacial score (nSPS) is 19.6. The van der Waals surface area contributed by atoms with Gasteiger partial charge in [0, 0.05) is 25.5 Å². The van der Waals surface area contributed by atoms with E-state index < -0.39 is 0 Å². The van der Waals surface area contributed by atoms with Crippen molar-refractivity contribution < 1.29 is 4.74 Å². The summed E-state index contributed by atoms with van der Waals surface area (Å²) in [6, 6.07) is 6.49. The lowest BCUT2D eigenvalue weighted by molar-refractivity contribution is 0.0606. The number of nitrogens with one attached hydrogen (secondary N) is 1. The Bertz CT molecular complexity index is 296. The Morgan fingerprint density at radius 1 is 1.44 bits per heavy atom. The number of aromatic nitrogens is 1. The minimum absolute atomic E-state index is 0.379. The second kappa shape index (κ2) is 5.97. The number of hydrogen-bond acceptors (Lipinski definition) is 3. The zero-order chi connectivity index (χ0) is 11.2. The number of rotatable bonds is 4. The molecule has 1 N–H and O–H groups in total. The summed E-state index contributed by atoms with van der Waals surface area (Å²) < 4.78 is 5.38. The molecule has 2 rings (SSSR count). The van der Waals surface area contributed by atoms with E-state index in [9.17, 15) is 0 Å². The van der Waals surface area contributed by atoms with E-state index in [0.717, 1.165) is 31.2 Å². The second-order valence-electron chi connectivity index (χ2n) is 4.39. The highest BCUT2D eigenvalue weighted by molar-refractivity contribution is 5.08. The summed E-state index contributed by atoms with van der Waals surface area (Å²) in [6.45, 7) is 1.84. The van der Waals surface area contributed by atoms with E-state index >= 15 is 0 Å². The predicted octanol–water partition coefficient (Wildman–Crippen LogP) is 2.16. The molecule has 0 aromatic carbocycles. The van der Waals surface area contributed by atoms with Crippen molar-refractivity contribution in [3.05, 3.63) is 30.1 Å². The highest BCUT2D eigenvalue weighted by Crippen LogP contribution is 2.26. The Kier molecular flexibility index (Phi) is 4.31. The fourth-order valence-corrected chi connectivity index (χ4v) is 2.28. The Morgan fingerprint density at radius 2 is 2.25 bits per heavy atom. The van der Waals surface area contributed by atoms with E-state index in [1.165, 1.54) is 12.8 Å². The van der Waals surface area contributed by atoms with Gasteiger partial charge in [0.2, 0.25) is 0 Å². The largest absolute Gasteiger partial charge is 0.381 e. The summed E-state index contributed by atoms with van der Waals surface area (Å²) in [5, 5.41) is 3.36. The topological polar surface area (TPSA) is 34.1 Å². The summed E-state index contributed by atoms with van der Waals surface area (Å²) in [4.78, 5) is 4.42. The van der Waals surface area contributed by atoms with Crippen LogP contribution in [0.15, 0.2) is 24.4 Å². The van der Waals surface area contributed by atoms with E-state index in [0.29, 0.717) is 6.04 Å². The third-order valence-corrected chi connectivity index (χ3v) is 3.30. The maximum Gasteiger partial charge on any atom is 0.0573 e. The average molecular weight is 220 g/mol. The molecule has 88 valence electrons. The van der Waals surface area contributed by atoms with Crippen molar-refractivity contribution >= 4 is 0 Å². The fourth-order valence-electron chi connectivity index (χ4n) is 2.28. The van der Waals surface area contributed by atoms with Crippen LogP contribution in [0.3, 0.4) is 0 Å². The van der Waals surface area contributed by atoms with Gasteiger partial charge < -0.3 is 10.1 Å². The molecule has 1 aliphatic rings. The average Bonchev–Trinajstić information content (AvgIpc) is 2.38. The van der Waals surface area contributed by atoms with Gasteiger partial charge >= 0.3 is 0 Å². The van der Waals surface area contributed by atoms with E-state index in [1.807, 2.05) is 19.3 Å². The minimum atomic E-state index is 0.379. The van der Waals surface area contributed by atoms with Gasteiger partial charge in [0.15, 0.2) is 0 Å². The van der Waals surface area contributed by atoms with Crippen molar-refractivity contribution in [2.24, 2.45) is 5.92 Å². The first kappa shape index (κ1) is 11.6. The fraction of sp³-hybridized carbons (Fsp3) is 0.615. The van der Waals surface area contributed by atoms with Gasteiger partial charge in [0.25, 0.3) is 0 Å². The molecule has 0 radical (unpaired) electrons. The molecule has 0 bridgehead atoms. The lowest BCUT2D eigenvalue weighted by Crippen LogP contribution is -2.24. The van der Waals surface area contributed by atoms with Crippen LogP contribution < -0.4 is 5.32 Å². The van der Waals surface area contributed by atoms with Gasteiger partial charge in [-0.05, 0) is 44.4 Å². The number of pyridine rings is 1. The summed E-state index contributed by atoms with van der Waals surface area (Å²) in [6.07, 6.45) is 5.40. The summed E-state index contributed by atoms with van der Waals surface area (Å²) >= 11 is 0. The molecule has 1 saturated heterocycles. The number of hydrogen-bond donors (Lipinski definition) is 1. The standard InChI is InChI=1S/C13H20N2O/c1-14-13(12-4-2-3-7-15-12)10-11-5-8-16-9-6-11/h2-4,7,11,13-14H,5-6,8-10H2,1H3. The van der Waals surface area contributed by atoms with Crippen molar-refractivity contribution in [3.63, 3.8) is 0 Å². The van der Waals surface area contributed by atoms with Crippen LogP contribution in [0.5, 0.6) is 0 Å². The van der Waals surface area contributed by atoms with Crippen molar-refractivity contribution in [1.82, 2.24) is 10.3 Å². The smallest absolute Gasteiger partial charge is 0.0573 e. The number of ether oxygens (including phenoxy) is 1. The molecule has 1 unspecified atom stereocenters. The predicted molar refractivity (Wildman–Crippen MR) is 64.2 cm³/mol. The highest BCUT2D eigenvalue weighted by atomic mass is 16.5. The van der Waals surface area contributed by atoms with Gasteiger partial charge in [0.05, 0.1) is 5.69 Å². The highest BCUT2D eigenvalue weighted by Gasteiger charge is 2.19. The van der Waals surface area contributed by atoms with Crippen LogP contribution in [0.2, 0.25) is 0 Å². The first-order valence-electron chi connectivity index (χ1n) is 6.06. The molecule has 0 amide bonds. The van der Waals surface area contributed by atoms with E-state index in [-0.39, 0.29) is 0 Å². The van der Waals surface area contributed by atoms with Gasteiger partial charge in [0.1, 0.15) is 0 Å². The molecule has 3 nitrogen and oxygen atoms in total. The molecule has 2 heterocycles. The van der Waals surface area contributed by atoms with Crippen LogP contribution in [0.1, 0.15) is 31.0 Å². The molecule has 16 heavy (non-hydrogen) atoms. The molecule has 1 atom stereocenters. The van der Waals surface area contributed by atoms with E-state index in [1.54, 1.807) is 0 Å². The van der Waals surface area contributed by atoms with Crippen LogP contribution in [-0.4, -0.2) is 25.2 Å². The summed E-state index contributed by atoms with van der Waals surface area (Å²) in [5.41, 5.74) is 1.15. The zero-order valence-electron chi connectivity index (χ0n) is 9.86. The second-order valence-corrected chi connectivity index (χ2v) is 4.39. The summed E-state index contributed by atoms with van der Waals surface area (Å²) in [5.74, 6) is 0.771. The molecule has 0 saturated carbocycles. The SMILES string of the molecule is CNC(CC1CCOCC1)c1ccccn1. The van der Waals surface area contributed by atoms with Crippen molar-refractivity contribution in [1.29, 1.82) is 0 Å². The van der Waals surface area contributed by atoms with Gasteiger partial charge in [-0.15, -0.1) is 0 Å². The molecule has 0 spiro atoms. The van der Waals surface area contributed by atoms with Gasteiger partial charge in [-0.2, -0.15) is 0 Å². The maximum atomic E-state index is 5.38. The van der Waals surface area contributed by atoms with Crippen LogP contribution in [0, 0.1) is 5.92 Å². The molecule has 0 aliphatic carbocycles. The van der Waals surface area contributed by atoms with Gasteiger partial charge in [-0.1, -0.05) is 6.07 Å². The van der Waals surface area contributed by atoms with Crippen molar-refractivity contribution in [2.45, 2.75) is 25.3 Å². The first-order valence-corrected chi connectivity index (χ1v) is 6.06. The zero-order valence-corrected chi connectivity index (χ0v) is 9.86. The van der Waals surface area contributed by atoms with E-state index in [2.05, 4.69) is 22.4 Å². The van der Waals surface area contributed by atoms with Gasteiger partial charge in [-0.3, -0.25) is 4.98 Å². The van der Waals surface area contributed by atoms with Crippen molar-refractivity contribution in [2.75, 3.05) is 20.3 Å². The van der Waals surface area contributed by atoms with Gasteiger partial charge in [-0.25, -0.2) is 0 Å². The van der Waals surface area contributed by atoms with E-state index in [4.69, 9.17) is 4.74 Å². The third-order valence-electron chi connectivity index (χ3n) is 3.30. The van der Waals surface area contributed by atoms with Crippen LogP contribution in [0.4, 0.5) is 0 Å². The lowest BCUT2D eigenvalue weighted by Gasteiger charge is -2.26.